The zero-order valence-corrected chi connectivity index (χ0v) is 34.9. The van der Waals surface area contributed by atoms with Crippen LogP contribution < -0.4 is 21.7 Å². The number of nitrogens with one attached hydrogen (secondary N) is 1. The SMILES string of the molecule is CC(C)(C)[C@H](NC(=O)C1CCC(N2CCC(c3cnc(C45CC6CN(c7cc(-c8ccccc8O)nnc7N)CC(C4)N65)nc3)CC2)CC1)C(=O)N1C[C@@H](O)C[C@H]1C(N)=O. The van der Waals surface area contributed by atoms with E-state index in [1.165, 1.54) is 10.5 Å². The number of phenolic OH excluding ortho intramolecular Hbond substituents is 1. The number of aliphatic hydroxyl groups excluding tert-OH is 1. The fraction of sp³-hybridized carbons (Fsp3) is 0.614. The number of anilines is 2. The minimum Gasteiger partial charge on any atom is -0.507 e. The highest BCUT2D eigenvalue weighted by Gasteiger charge is 2.67. The topological polar surface area (TPSA) is 220 Å². The molecule has 5 aliphatic heterocycles. The molecule has 3 aromatic rings. The van der Waals surface area contributed by atoms with Gasteiger partial charge in [0, 0.05) is 68.1 Å². The van der Waals surface area contributed by atoms with Crippen molar-refractivity contribution in [3.63, 3.8) is 0 Å². The summed E-state index contributed by atoms with van der Waals surface area (Å²) in [6.45, 7) is 9.39. The third-order valence-electron chi connectivity index (χ3n) is 14.6. The fourth-order valence-electron chi connectivity index (χ4n) is 11.4. The van der Waals surface area contributed by atoms with Gasteiger partial charge in [-0.25, -0.2) is 9.97 Å². The van der Waals surface area contributed by atoms with Crippen molar-refractivity contribution in [2.24, 2.45) is 17.1 Å². The van der Waals surface area contributed by atoms with E-state index in [4.69, 9.17) is 21.4 Å². The number of carbonyl (C=O) groups is 3. The molecule has 5 atom stereocenters. The Balaban J connectivity index is 0.748. The molecule has 16 heteroatoms. The third-order valence-corrected chi connectivity index (χ3v) is 14.6. The number of β-amino-alcohol motifs (C(OH)–C–C–N with tert-alkyl or cyclic N) is 1. The molecule has 2 aromatic heterocycles. The number of aromatic hydroxyl groups is 1. The quantitative estimate of drug-likeness (QED) is 0.210. The standard InChI is InChI=1S/C44H59N11O5/c1-43(2,3)37(41(60)54-24-31(56)16-35(54)39(46)58)49-40(59)26-8-10-28(11-9-26)52-14-12-25(13-15-52)27-20-47-42(48-21-27)44-18-29-22-53(23-30(19-44)55(29)44)34-17-33(50-51-38(34)45)32-6-4-5-7-36(32)57/h4-7,17,20-21,25-26,28-31,35,37,56-57H,8-16,18-19,22-24H2,1-3H3,(H2,45,51)(H2,46,58)(H,49,59)/t26?,28?,29?,30?,31-,35-,37+,44?/m0/s1. The molecule has 1 aromatic carbocycles. The van der Waals surface area contributed by atoms with Gasteiger partial charge >= 0.3 is 0 Å². The van der Waals surface area contributed by atoms with E-state index < -0.39 is 29.5 Å². The molecule has 1 aliphatic carbocycles. The number of para-hydroxylation sites is 1. The van der Waals surface area contributed by atoms with E-state index in [9.17, 15) is 24.6 Å². The average Bonchev–Trinajstić information content (AvgIpc) is 3.62. The van der Waals surface area contributed by atoms with Crippen LogP contribution in [0.3, 0.4) is 0 Å². The molecule has 7 heterocycles. The van der Waals surface area contributed by atoms with Crippen LogP contribution in [0.2, 0.25) is 0 Å². The van der Waals surface area contributed by atoms with Gasteiger partial charge in [0.25, 0.3) is 0 Å². The number of aliphatic hydroxyl groups is 1. The van der Waals surface area contributed by atoms with Gasteiger partial charge in [-0.05, 0) is 99.6 Å². The van der Waals surface area contributed by atoms with Crippen molar-refractivity contribution in [1.82, 2.24) is 40.2 Å². The first-order chi connectivity index (χ1) is 28.7. The number of rotatable bonds is 9. The molecule has 7 N–H and O–H groups in total. The Morgan fingerprint density at radius 1 is 0.917 bits per heavy atom. The number of nitrogens with zero attached hydrogens (tertiary/aromatic N) is 8. The summed E-state index contributed by atoms with van der Waals surface area (Å²) in [6.07, 6.45) is 10.9. The summed E-state index contributed by atoms with van der Waals surface area (Å²) in [5.41, 5.74) is 14.5. The number of nitrogens with two attached hydrogens (primary N) is 2. The first-order valence-electron chi connectivity index (χ1n) is 21.8. The molecule has 0 spiro atoms. The fourth-order valence-corrected chi connectivity index (χ4v) is 11.4. The first-order valence-corrected chi connectivity index (χ1v) is 21.8. The average molecular weight is 822 g/mol. The van der Waals surface area contributed by atoms with E-state index in [1.807, 2.05) is 39.0 Å². The number of likely N-dealkylation sites (tertiary alicyclic amines) is 2. The summed E-state index contributed by atoms with van der Waals surface area (Å²) in [7, 11) is 0. The van der Waals surface area contributed by atoms with Crippen molar-refractivity contribution in [1.29, 1.82) is 0 Å². The molecule has 60 heavy (non-hydrogen) atoms. The number of nitrogen functional groups attached to an aromatic ring is 1. The Labute approximate surface area is 351 Å². The first kappa shape index (κ1) is 40.5. The molecule has 5 saturated heterocycles. The second-order valence-corrected chi connectivity index (χ2v) is 19.3. The summed E-state index contributed by atoms with van der Waals surface area (Å²) in [6, 6.07) is 8.58. The second kappa shape index (κ2) is 15.5. The van der Waals surface area contributed by atoms with E-state index in [0.717, 1.165) is 89.1 Å². The van der Waals surface area contributed by atoms with E-state index in [1.54, 1.807) is 12.1 Å². The van der Waals surface area contributed by atoms with Gasteiger partial charge in [0.15, 0.2) is 5.82 Å². The molecular weight excluding hydrogens is 763 g/mol. The van der Waals surface area contributed by atoms with Gasteiger partial charge in [-0.3, -0.25) is 19.3 Å². The Hall–Kier alpha value is -4.93. The molecule has 0 bridgehead atoms. The predicted octanol–water partition coefficient (Wildman–Crippen LogP) is 2.50. The van der Waals surface area contributed by atoms with Gasteiger partial charge in [0.05, 0.1) is 23.0 Å². The number of hydrogen-bond donors (Lipinski definition) is 5. The van der Waals surface area contributed by atoms with E-state index in [-0.39, 0.29) is 42.0 Å². The summed E-state index contributed by atoms with van der Waals surface area (Å²) < 4.78 is 0. The van der Waals surface area contributed by atoms with Crippen molar-refractivity contribution < 1.29 is 24.6 Å². The van der Waals surface area contributed by atoms with Crippen LogP contribution >= 0.6 is 0 Å². The van der Waals surface area contributed by atoms with Crippen molar-refractivity contribution in [2.45, 2.75) is 126 Å². The van der Waals surface area contributed by atoms with Crippen LogP contribution in [0.15, 0.2) is 42.7 Å². The highest BCUT2D eigenvalue weighted by Crippen LogP contribution is 2.59. The Kier molecular flexibility index (Phi) is 10.5. The van der Waals surface area contributed by atoms with Crippen molar-refractivity contribution in [3.8, 4) is 17.0 Å². The Morgan fingerprint density at radius 2 is 1.58 bits per heavy atom. The zero-order valence-electron chi connectivity index (χ0n) is 34.9. The molecule has 6 aliphatic rings. The number of piperidine rings is 2. The number of piperazine rings is 1. The number of primary amides is 1. The van der Waals surface area contributed by atoms with Gasteiger partial charge in [-0.2, -0.15) is 0 Å². The van der Waals surface area contributed by atoms with Gasteiger partial charge < -0.3 is 41.7 Å². The van der Waals surface area contributed by atoms with Crippen LogP contribution in [0.25, 0.3) is 11.3 Å². The predicted molar refractivity (Wildman–Crippen MR) is 224 cm³/mol. The summed E-state index contributed by atoms with van der Waals surface area (Å²) in [5, 5.41) is 32.1. The lowest BCUT2D eigenvalue weighted by Crippen LogP contribution is -2.83. The lowest BCUT2D eigenvalue weighted by molar-refractivity contribution is -0.216. The van der Waals surface area contributed by atoms with E-state index >= 15 is 0 Å². The largest absolute Gasteiger partial charge is 0.507 e. The van der Waals surface area contributed by atoms with E-state index in [2.05, 4.69) is 42.6 Å². The van der Waals surface area contributed by atoms with Crippen LogP contribution in [-0.2, 0) is 19.9 Å². The van der Waals surface area contributed by atoms with Gasteiger partial charge in [0.2, 0.25) is 17.7 Å². The van der Waals surface area contributed by atoms with Crippen LogP contribution in [-0.4, -0.2) is 132 Å². The monoisotopic (exact) mass is 821 g/mol. The zero-order chi connectivity index (χ0) is 42.1. The summed E-state index contributed by atoms with van der Waals surface area (Å²) in [4.78, 5) is 58.2. The molecule has 0 radical (unpaired) electrons. The van der Waals surface area contributed by atoms with Gasteiger partial charge in [-0.1, -0.05) is 32.9 Å². The van der Waals surface area contributed by atoms with E-state index in [0.29, 0.717) is 41.1 Å². The molecule has 6 fully saturated rings. The van der Waals surface area contributed by atoms with Gasteiger partial charge in [0.1, 0.15) is 23.7 Å². The maximum Gasteiger partial charge on any atom is 0.246 e. The highest BCUT2D eigenvalue weighted by atomic mass is 16.3. The third kappa shape index (κ3) is 7.23. The van der Waals surface area contributed by atoms with Crippen LogP contribution in [0, 0.1) is 11.3 Å². The number of benzene rings is 1. The van der Waals surface area contributed by atoms with Crippen molar-refractivity contribution in [2.75, 3.05) is 43.4 Å². The van der Waals surface area contributed by atoms with Crippen molar-refractivity contribution in [3.05, 3.63) is 54.1 Å². The summed E-state index contributed by atoms with van der Waals surface area (Å²) in [5.74, 6) is 0.597. The molecular formula is C44H59N11O5. The van der Waals surface area contributed by atoms with Crippen molar-refractivity contribution >= 4 is 29.2 Å². The maximum absolute atomic E-state index is 13.7. The normalized spacial score (nSPS) is 30.2. The molecule has 2 unspecified atom stereocenters. The number of hydrogen-bond acceptors (Lipinski definition) is 13. The number of carbonyl (C=O) groups excluding carboxylic acids is 3. The molecule has 16 nitrogen and oxygen atoms in total. The lowest BCUT2D eigenvalue weighted by Gasteiger charge is -2.72. The van der Waals surface area contributed by atoms with Crippen LogP contribution in [0.1, 0.15) is 95.9 Å². The summed E-state index contributed by atoms with van der Waals surface area (Å²) >= 11 is 0. The maximum atomic E-state index is 13.7. The number of amides is 3. The minimum absolute atomic E-state index is 0.0321. The molecule has 3 amide bonds. The smallest absolute Gasteiger partial charge is 0.246 e. The molecule has 9 rings (SSSR count). The highest BCUT2D eigenvalue weighted by molar-refractivity contribution is 5.93. The Bertz CT molecular complexity index is 2100. The number of phenols is 1. The molecule has 1 saturated carbocycles. The van der Waals surface area contributed by atoms with Crippen LogP contribution in [0.5, 0.6) is 5.75 Å². The second-order valence-electron chi connectivity index (χ2n) is 19.3. The van der Waals surface area contributed by atoms with Gasteiger partial charge in [-0.15, -0.1) is 10.2 Å². The lowest BCUT2D eigenvalue weighted by atomic mass is 9.62. The Morgan fingerprint density at radius 3 is 2.22 bits per heavy atom. The molecule has 320 valence electrons. The van der Waals surface area contributed by atoms with Crippen LogP contribution in [0.4, 0.5) is 11.5 Å². The minimum atomic E-state index is -0.873. The number of aromatic nitrogens is 4.